The van der Waals surface area contributed by atoms with Gasteiger partial charge in [0.05, 0.1) is 12.8 Å². The molecule has 1 spiro atoms. The van der Waals surface area contributed by atoms with Crippen LogP contribution < -0.4 is 19.5 Å². The number of halogens is 1. The zero-order chi connectivity index (χ0) is 22.7. The second kappa shape index (κ2) is 9.34. The number of fused-ring (bicyclic) bond motifs is 1. The van der Waals surface area contributed by atoms with Crippen LogP contribution in [-0.2, 0) is 4.79 Å². The summed E-state index contributed by atoms with van der Waals surface area (Å²) < 4.78 is 32.1. The second-order valence-electron chi connectivity index (χ2n) is 8.38. The molecule has 1 saturated heterocycles. The number of methoxy groups -OCH3 is 1. The molecular weight excluding hydrogens is 415 g/mol. The number of rotatable bonds is 7. The predicted molar refractivity (Wildman–Crippen MR) is 118 cm³/mol. The van der Waals surface area contributed by atoms with E-state index in [0.717, 1.165) is 0 Å². The Hall–Kier alpha value is -2.84. The number of hydrogen-bond acceptors (Lipinski definition) is 6. The first-order chi connectivity index (χ1) is 15.4. The van der Waals surface area contributed by atoms with Gasteiger partial charge in [0.15, 0.2) is 6.17 Å². The van der Waals surface area contributed by atoms with E-state index in [1.807, 2.05) is 18.2 Å². The minimum absolute atomic E-state index is 0.0507. The first kappa shape index (κ1) is 22.4. The number of nitrogens with one attached hydrogen (secondary N) is 1. The number of ether oxygens (including phenoxy) is 3. The highest BCUT2D eigenvalue weighted by atomic mass is 19.1. The van der Waals surface area contributed by atoms with Gasteiger partial charge in [0, 0.05) is 51.0 Å². The predicted octanol–water partition coefficient (Wildman–Crippen LogP) is 3.33. The first-order valence-electron chi connectivity index (χ1n) is 10.8. The van der Waals surface area contributed by atoms with Gasteiger partial charge in [-0.2, -0.15) is 0 Å². The van der Waals surface area contributed by atoms with Crippen LogP contribution in [0.4, 0.5) is 10.1 Å². The lowest BCUT2D eigenvalue weighted by Gasteiger charge is -2.40. The van der Waals surface area contributed by atoms with Crippen molar-refractivity contribution in [3.8, 4) is 17.2 Å². The molecule has 1 amide bonds. The van der Waals surface area contributed by atoms with Gasteiger partial charge in [-0.05, 0) is 18.2 Å². The Morgan fingerprint density at radius 1 is 1.31 bits per heavy atom. The highest BCUT2D eigenvalue weighted by molar-refractivity contribution is 5.90. The van der Waals surface area contributed by atoms with Crippen LogP contribution in [0.3, 0.4) is 0 Å². The third-order valence-corrected chi connectivity index (χ3v) is 6.07. The number of para-hydroxylation sites is 1. The lowest BCUT2D eigenvalue weighted by Crippen LogP contribution is -2.50. The fraction of sp³-hybridized carbons (Fsp3) is 0.458. The van der Waals surface area contributed by atoms with Gasteiger partial charge >= 0.3 is 0 Å². The topological polar surface area (TPSA) is 80.3 Å². The molecular formula is C24H29FN2O5. The molecule has 0 saturated carbocycles. The number of piperidine rings is 1. The maximum absolute atomic E-state index is 15.1. The van der Waals surface area contributed by atoms with E-state index in [1.54, 1.807) is 31.4 Å². The van der Waals surface area contributed by atoms with E-state index >= 15 is 4.39 Å². The Balaban J connectivity index is 1.30. The lowest BCUT2D eigenvalue weighted by atomic mass is 9.85. The summed E-state index contributed by atoms with van der Waals surface area (Å²) in [5.41, 5.74) is 0.329. The molecule has 1 fully saturated rings. The van der Waals surface area contributed by atoms with E-state index in [0.29, 0.717) is 61.0 Å². The van der Waals surface area contributed by atoms with Gasteiger partial charge in [0.2, 0.25) is 5.91 Å². The number of benzene rings is 2. The second-order valence-corrected chi connectivity index (χ2v) is 8.38. The Labute approximate surface area is 187 Å². The van der Waals surface area contributed by atoms with Crippen molar-refractivity contribution >= 4 is 11.6 Å². The number of aliphatic hydroxyl groups excluding tert-OH is 1. The highest BCUT2D eigenvalue weighted by Gasteiger charge is 2.50. The SMILES string of the molecule is COc1ccc(NC(C)=O)c(OC[C@H](O)CN2CCC3(CC2)Oc2ccccc2C3F)c1. The van der Waals surface area contributed by atoms with Crippen molar-refractivity contribution in [2.75, 3.05) is 38.7 Å². The smallest absolute Gasteiger partial charge is 0.221 e. The quantitative estimate of drug-likeness (QED) is 0.682. The summed E-state index contributed by atoms with van der Waals surface area (Å²) in [5.74, 6) is 1.43. The van der Waals surface area contributed by atoms with Crippen LogP contribution >= 0.6 is 0 Å². The van der Waals surface area contributed by atoms with Crippen LogP contribution in [0, 0.1) is 0 Å². The number of β-amino-alcohol motifs (C(OH)–C–C–N with tert-alkyl or cyclic N) is 1. The molecule has 2 aromatic carbocycles. The summed E-state index contributed by atoms with van der Waals surface area (Å²) in [6.45, 7) is 3.12. The van der Waals surface area contributed by atoms with E-state index in [-0.39, 0.29) is 12.5 Å². The zero-order valence-electron chi connectivity index (χ0n) is 18.3. The molecule has 2 aliphatic heterocycles. The van der Waals surface area contributed by atoms with Crippen molar-refractivity contribution in [1.82, 2.24) is 4.90 Å². The van der Waals surface area contributed by atoms with Crippen LogP contribution in [0.25, 0.3) is 0 Å². The first-order valence-corrected chi connectivity index (χ1v) is 10.8. The van der Waals surface area contributed by atoms with Crippen molar-refractivity contribution < 1.29 is 28.5 Å². The fourth-order valence-electron chi connectivity index (χ4n) is 4.39. The van der Waals surface area contributed by atoms with Crippen LogP contribution in [0.1, 0.15) is 31.5 Å². The number of hydrogen-bond donors (Lipinski definition) is 2. The summed E-state index contributed by atoms with van der Waals surface area (Å²) in [6.07, 6.45) is -0.768. The van der Waals surface area contributed by atoms with Crippen LogP contribution in [-0.4, -0.2) is 61.0 Å². The summed E-state index contributed by atoms with van der Waals surface area (Å²) in [7, 11) is 1.55. The Bertz CT molecular complexity index is 961. The Kier molecular flexibility index (Phi) is 6.53. The molecule has 32 heavy (non-hydrogen) atoms. The summed E-state index contributed by atoms with van der Waals surface area (Å²) in [5, 5.41) is 13.2. The van der Waals surface area contributed by atoms with Crippen molar-refractivity contribution in [3.63, 3.8) is 0 Å². The summed E-state index contributed by atoms with van der Waals surface area (Å²) >= 11 is 0. The molecule has 1 unspecified atom stereocenters. The molecule has 2 N–H and O–H groups in total. The van der Waals surface area contributed by atoms with E-state index in [9.17, 15) is 9.90 Å². The van der Waals surface area contributed by atoms with Crippen LogP contribution in [0.2, 0.25) is 0 Å². The molecule has 172 valence electrons. The average Bonchev–Trinajstić information content (AvgIpc) is 3.06. The third-order valence-electron chi connectivity index (χ3n) is 6.07. The molecule has 0 radical (unpaired) electrons. The molecule has 7 nitrogen and oxygen atoms in total. The molecule has 8 heteroatoms. The largest absolute Gasteiger partial charge is 0.497 e. The van der Waals surface area contributed by atoms with Gasteiger partial charge in [-0.15, -0.1) is 0 Å². The van der Waals surface area contributed by atoms with Gasteiger partial charge < -0.3 is 29.5 Å². The molecule has 2 aliphatic rings. The van der Waals surface area contributed by atoms with Crippen LogP contribution in [0.5, 0.6) is 17.2 Å². The molecule has 2 aromatic rings. The molecule has 0 bridgehead atoms. The third kappa shape index (κ3) is 4.66. The monoisotopic (exact) mass is 444 g/mol. The Morgan fingerprint density at radius 2 is 2.06 bits per heavy atom. The maximum Gasteiger partial charge on any atom is 0.221 e. The van der Waals surface area contributed by atoms with Crippen molar-refractivity contribution in [1.29, 1.82) is 0 Å². The highest BCUT2D eigenvalue weighted by Crippen LogP contribution is 2.50. The van der Waals surface area contributed by atoms with Gasteiger partial charge in [0.25, 0.3) is 0 Å². The molecule has 2 heterocycles. The van der Waals surface area contributed by atoms with E-state index in [1.165, 1.54) is 6.92 Å². The molecule has 0 aliphatic carbocycles. The molecule has 4 rings (SSSR count). The number of aliphatic hydroxyl groups is 1. The Morgan fingerprint density at radius 3 is 2.75 bits per heavy atom. The molecule has 0 aromatic heterocycles. The van der Waals surface area contributed by atoms with Crippen LogP contribution in [0.15, 0.2) is 42.5 Å². The number of amides is 1. The number of nitrogens with zero attached hydrogens (tertiary/aromatic N) is 1. The van der Waals surface area contributed by atoms with Gasteiger partial charge in [-0.1, -0.05) is 18.2 Å². The number of likely N-dealkylation sites (tertiary alicyclic amines) is 1. The number of carbonyl (C=O) groups excluding carboxylic acids is 1. The summed E-state index contributed by atoms with van der Waals surface area (Å²) in [6, 6.07) is 12.4. The fourth-order valence-corrected chi connectivity index (χ4v) is 4.39. The summed E-state index contributed by atoms with van der Waals surface area (Å²) in [4.78, 5) is 13.5. The van der Waals surface area contributed by atoms with E-state index < -0.39 is 17.9 Å². The minimum Gasteiger partial charge on any atom is -0.497 e. The number of alkyl halides is 1. The number of anilines is 1. The van der Waals surface area contributed by atoms with Crippen molar-refractivity contribution in [2.45, 2.75) is 37.6 Å². The van der Waals surface area contributed by atoms with E-state index in [2.05, 4.69) is 10.2 Å². The lowest BCUT2D eigenvalue weighted by molar-refractivity contribution is -0.114. The molecule has 2 atom stereocenters. The number of carbonyl (C=O) groups is 1. The van der Waals surface area contributed by atoms with E-state index in [4.69, 9.17) is 14.2 Å². The van der Waals surface area contributed by atoms with Gasteiger partial charge in [-0.3, -0.25) is 4.79 Å². The normalized spacial score (nSPS) is 20.3. The average molecular weight is 445 g/mol. The van der Waals surface area contributed by atoms with Gasteiger partial charge in [-0.25, -0.2) is 4.39 Å². The maximum atomic E-state index is 15.1. The minimum atomic E-state index is -1.13. The van der Waals surface area contributed by atoms with Gasteiger partial charge in [0.1, 0.15) is 35.6 Å². The standard InChI is InChI=1S/C24H29FN2O5/c1-16(28)26-20-8-7-18(30-2)13-22(20)31-15-17(29)14-27-11-9-24(10-12-27)23(25)19-5-3-4-6-21(19)32-24/h3-8,13,17,23,29H,9-12,14-15H2,1-2H3,(H,26,28)/t17-,23?/m1/s1. The van der Waals surface area contributed by atoms with Crippen molar-refractivity contribution in [3.05, 3.63) is 48.0 Å². The zero-order valence-corrected chi connectivity index (χ0v) is 18.3. The van der Waals surface area contributed by atoms with Crippen molar-refractivity contribution in [2.24, 2.45) is 0 Å².